The SMILES string of the molecule is c1ccc(-c2ccc(-c3ccc(N(c4ccccc4)c4cc5oc6ccccc6c5cc4-c4ccc5oc6ccccc6c5c4)cc3)cc2)cc1. The van der Waals surface area contributed by atoms with E-state index in [9.17, 15) is 0 Å². The minimum absolute atomic E-state index is 0.848. The summed E-state index contributed by atoms with van der Waals surface area (Å²) in [6.45, 7) is 0. The molecule has 0 unspecified atom stereocenters. The van der Waals surface area contributed by atoms with E-state index in [1.165, 1.54) is 16.7 Å². The number of hydrogen-bond donors (Lipinski definition) is 0. The first-order valence-corrected chi connectivity index (χ1v) is 17.2. The Balaban J connectivity index is 1.15. The van der Waals surface area contributed by atoms with Crippen molar-refractivity contribution in [1.29, 1.82) is 0 Å². The number of rotatable bonds is 6. The van der Waals surface area contributed by atoms with Gasteiger partial charge in [0.15, 0.2) is 0 Å². The summed E-state index contributed by atoms with van der Waals surface area (Å²) in [6.07, 6.45) is 0. The molecule has 0 aliphatic heterocycles. The Bertz CT molecular complexity index is 2830. The molecule has 10 aromatic rings. The maximum absolute atomic E-state index is 6.50. The molecule has 0 aliphatic carbocycles. The lowest BCUT2D eigenvalue weighted by Crippen LogP contribution is -2.11. The molecule has 0 saturated heterocycles. The van der Waals surface area contributed by atoms with E-state index >= 15 is 0 Å². The predicted molar refractivity (Wildman–Crippen MR) is 212 cm³/mol. The molecular formula is C48H31NO2. The molecule has 3 nitrogen and oxygen atoms in total. The summed E-state index contributed by atoms with van der Waals surface area (Å²) >= 11 is 0. The van der Waals surface area contributed by atoms with Crippen LogP contribution in [0.3, 0.4) is 0 Å². The number of para-hydroxylation sites is 3. The Morgan fingerprint density at radius 2 is 0.745 bits per heavy atom. The highest BCUT2D eigenvalue weighted by Crippen LogP contribution is 2.46. The number of benzene rings is 8. The Kier molecular flexibility index (Phi) is 6.81. The summed E-state index contributed by atoms with van der Waals surface area (Å²) < 4.78 is 12.7. The maximum Gasteiger partial charge on any atom is 0.137 e. The molecule has 8 aromatic carbocycles. The molecule has 0 saturated carbocycles. The fourth-order valence-corrected chi connectivity index (χ4v) is 7.36. The van der Waals surface area contributed by atoms with Crippen molar-refractivity contribution in [3.05, 3.63) is 188 Å². The van der Waals surface area contributed by atoms with Gasteiger partial charge in [-0.2, -0.15) is 0 Å². The number of furan rings is 2. The molecule has 0 radical (unpaired) electrons. The highest BCUT2D eigenvalue weighted by molar-refractivity contribution is 6.11. The van der Waals surface area contributed by atoms with Gasteiger partial charge in [0.2, 0.25) is 0 Å². The molecule has 0 amide bonds. The number of fused-ring (bicyclic) bond motifs is 6. The Labute approximate surface area is 295 Å². The highest BCUT2D eigenvalue weighted by Gasteiger charge is 2.21. The summed E-state index contributed by atoms with van der Waals surface area (Å²) in [6, 6.07) is 66.3. The van der Waals surface area contributed by atoms with Gasteiger partial charge in [0.05, 0.1) is 5.69 Å². The van der Waals surface area contributed by atoms with Gasteiger partial charge in [0, 0.05) is 44.5 Å². The first-order valence-electron chi connectivity index (χ1n) is 17.2. The second-order valence-electron chi connectivity index (χ2n) is 12.9. The first kappa shape index (κ1) is 29.1. The van der Waals surface area contributed by atoms with Gasteiger partial charge in [0.1, 0.15) is 22.3 Å². The third-order valence-corrected chi connectivity index (χ3v) is 9.89. The van der Waals surface area contributed by atoms with Crippen LogP contribution in [0.4, 0.5) is 17.1 Å². The van der Waals surface area contributed by atoms with Crippen molar-refractivity contribution >= 4 is 60.9 Å². The first-order chi connectivity index (χ1) is 25.3. The molecule has 0 bridgehead atoms. The molecule has 0 atom stereocenters. The van der Waals surface area contributed by atoms with Crippen molar-refractivity contribution in [1.82, 2.24) is 0 Å². The van der Waals surface area contributed by atoms with Gasteiger partial charge in [-0.05, 0) is 82.4 Å². The number of anilines is 3. The average molecular weight is 654 g/mol. The van der Waals surface area contributed by atoms with Gasteiger partial charge in [-0.1, -0.05) is 127 Å². The zero-order valence-electron chi connectivity index (χ0n) is 27.7. The molecule has 0 spiro atoms. The molecule has 0 fully saturated rings. The molecular weight excluding hydrogens is 623 g/mol. The van der Waals surface area contributed by atoms with Crippen LogP contribution in [-0.4, -0.2) is 0 Å². The van der Waals surface area contributed by atoms with E-state index in [0.717, 1.165) is 77.6 Å². The smallest absolute Gasteiger partial charge is 0.137 e. The van der Waals surface area contributed by atoms with Crippen LogP contribution in [0.25, 0.3) is 77.3 Å². The summed E-state index contributed by atoms with van der Waals surface area (Å²) in [4.78, 5) is 2.34. The quantitative estimate of drug-likeness (QED) is 0.179. The van der Waals surface area contributed by atoms with Crippen LogP contribution < -0.4 is 4.90 Å². The van der Waals surface area contributed by atoms with Crippen molar-refractivity contribution < 1.29 is 8.83 Å². The highest BCUT2D eigenvalue weighted by atomic mass is 16.3. The molecule has 240 valence electrons. The van der Waals surface area contributed by atoms with Crippen molar-refractivity contribution in [2.45, 2.75) is 0 Å². The predicted octanol–water partition coefficient (Wildman–Crippen LogP) is 14.0. The fraction of sp³-hybridized carbons (Fsp3) is 0. The topological polar surface area (TPSA) is 29.5 Å². The fourth-order valence-electron chi connectivity index (χ4n) is 7.36. The average Bonchev–Trinajstić information content (AvgIpc) is 3.76. The monoisotopic (exact) mass is 653 g/mol. The lowest BCUT2D eigenvalue weighted by molar-refractivity contribution is 0.668. The standard InChI is InChI=1S/C48H31NO2/c1-3-11-32(12-4-1)33-19-21-34(22-20-33)35-23-26-38(27-24-35)49(37-13-5-2-6-14-37)44-31-48-43(40-16-8-10-18-46(40)51-48)30-41(44)36-25-28-47-42(29-36)39-15-7-9-17-45(39)50-47/h1-31H. The Morgan fingerprint density at radius 3 is 1.39 bits per heavy atom. The van der Waals surface area contributed by atoms with Crippen LogP contribution >= 0.6 is 0 Å². The largest absolute Gasteiger partial charge is 0.456 e. The number of nitrogens with zero attached hydrogens (tertiary/aromatic N) is 1. The van der Waals surface area contributed by atoms with Crippen LogP contribution in [0, 0.1) is 0 Å². The van der Waals surface area contributed by atoms with Crippen LogP contribution in [0.5, 0.6) is 0 Å². The third-order valence-electron chi connectivity index (χ3n) is 9.89. The van der Waals surface area contributed by atoms with Gasteiger partial charge in [-0.25, -0.2) is 0 Å². The Morgan fingerprint density at radius 1 is 0.294 bits per heavy atom. The lowest BCUT2D eigenvalue weighted by Gasteiger charge is -2.28. The minimum atomic E-state index is 0.848. The van der Waals surface area contributed by atoms with Crippen LogP contribution in [-0.2, 0) is 0 Å². The third kappa shape index (κ3) is 5.06. The lowest BCUT2D eigenvalue weighted by atomic mass is 9.97. The summed E-state index contributed by atoms with van der Waals surface area (Å²) in [5.74, 6) is 0. The molecule has 0 aliphatic rings. The van der Waals surface area contributed by atoms with E-state index in [4.69, 9.17) is 8.83 Å². The van der Waals surface area contributed by atoms with E-state index in [1.54, 1.807) is 0 Å². The second kappa shape index (κ2) is 11.9. The van der Waals surface area contributed by atoms with E-state index < -0.39 is 0 Å². The molecule has 10 rings (SSSR count). The van der Waals surface area contributed by atoms with Gasteiger partial charge >= 0.3 is 0 Å². The van der Waals surface area contributed by atoms with Gasteiger partial charge in [0.25, 0.3) is 0 Å². The van der Waals surface area contributed by atoms with Crippen molar-refractivity contribution in [2.75, 3.05) is 4.90 Å². The van der Waals surface area contributed by atoms with Crippen molar-refractivity contribution in [3.63, 3.8) is 0 Å². The van der Waals surface area contributed by atoms with Crippen LogP contribution in [0.2, 0.25) is 0 Å². The Hall–Kier alpha value is -6.84. The van der Waals surface area contributed by atoms with Gasteiger partial charge < -0.3 is 13.7 Å². The van der Waals surface area contributed by atoms with E-state index in [2.05, 4.69) is 169 Å². The summed E-state index contributed by atoms with van der Waals surface area (Å²) in [5.41, 5.74) is 13.6. The van der Waals surface area contributed by atoms with E-state index in [-0.39, 0.29) is 0 Å². The zero-order chi connectivity index (χ0) is 33.7. The molecule has 3 heteroatoms. The van der Waals surface area contributed by atoms with E-state index in [0.29, 0.717) is 0 Å². The van der Waals surface area contributed by atoms with E-state index in [1.807, 2.05) is 24.3 Å². The van der Waals surface area contributed by atoms with Gasteiger partial charge in [-0.15, -0.1) is 0 Å². The normalized spacial score (nSPS) is 11.5. The summed E-state index contributed by atoms with van der Waals surface area (Å²) in [5, 5.41) is 4.39. The number of hydrogen-bond acceptors (Lipinski definition) is 3. The second-order valence-corrected chi connectivity index (χ2v) is 12.9. The molecule has 2 aromatic heterocycles. The maximum atomic E-state index is 6.50. The molecule has 2 heterocycles. The minimum Gasteiger partial charge on any atom is -0.456 e. The van der Waals surface area contributed by atoms with Crippen molar-refractivity contribution in [2.24, 2.45) is 0 Å². The zero-order valence-corrected chi connectivity index (χ0v) is 27.7. The van der Waals surface area contributed by atoms with Gasteiger partial charge in [-0.3, -0.25) is 0 Å². The van der Waals surface area contributed by atoms with Crippen LogP contribution in [0.1, 0.15) is 0 Å². The van der Waals surface area contributed by atoms with Crippen LogP contribution in [0.15, 0.2) is 197 Å². The molecule has 51 heavy (non-hydrogen) atoms. The summed E-state index contributed by atoms with van der Waals surface area (Å²) in [7, 11) is 0. The molecule has 0 N–H and O–H groups in total. The van der Waals surface area contributed by atoms with Crippen molar-refractivity contribution in [3.8, 4) is 33.4 Å².